The zero-order chi connectivity index (χ0) is 13.6. The standard InChI is InChI=1S/C9H16F3N3O2.ClH/c1-5(6(2)13)8(17)14-3-7(16)15-4-9(10,11)12;/h5-6H,3-4,13H2,1-2H3,(H,14,17)(H,15,16);1H. The zero-order valence-electron chi connectivity index (χ0n) is 10.0. The van der Waals surface area contributed by atoms with Crippen molar-refractivity contribution in [2.75, 3.05) is 13.1 Å². The number of carbonyl (C=O) groups excluding carboxylic acids is 2. The SMILES string of the molecule is CC(N)C(C)C(=O)NCC(=O)NCC(F)(F)F.Cl. The molecular formula is C9H17ClF3N3O2. The highest BCUT2D eigenvalue weighted by atomic mass is 35.5. The number of amides is 2. The molecule has 0 fully saturated rings. The number of nitrogens with two attached hydrogens (primary N) is 1. The molecule has 0 saturated carbocycles. The van der Waals surface area contributed by atoms with E-state index in [1.54, 1.807) is 19.2 Å². The van der Waals surface area contributed by atoms with Crippen molar-refractivity contribution < 1.29 is 22.8 Å². The summed E-state index contributed by atoms with van der Waals surface area (Å²) in [5.41, 5.74) is 5.45. The lowest BCUT2D eigenvalue weighted by Crippen LogP contribution is -2.44. The number of alkyl halides is 3. The molecule has 2 amide bonds. The average Bonchev–Trinajstić information content (AvgIpc) is 2.20. The van der Waals surface area contributed by atoms with Crippen molar-refractivity contribution in [2.45, 2.75) is 26.1 Å². The molecule has 4 N–H and O–H groups in total. The van der Waals surface area contributed by atoms with Crippen LogP contribution in [0.25, 0.3) is 0 Å². The van der Waals surface area contributed by atoms with Gasteiger partial charge in [-0.2, -0.15) is 13.2 Å². The highest BCUT2D eigenvalue weighted by Gasteiger charge is 2.27. The van der Waals surface area contributed by atoms with E-state index in [2.05, 4.69) is 5.32 Å². The van der Waals surface area contributed by atoms with E-state index in [4.69, 9.17) is 5.73 Å². The summed E-state index contributed by atoms with van der Waals surface area (Å²) in [5, 5.41) is 3.84. The van der Waals surface area contributed by atoms with E-state index in [0.717, 1.165) is 0 Å². The van der Waals surface area contributed by atoms with Gasteiger partial charge in [-0.3, -0.25) is 9.59 Å². The van der Waals surface area contributed by atoms with Crippen molar-refractivity contribution in [1.82, 2.24) is 10.6 Å². The molecule has 0 aliphatic heterocycles. The molecular weight excluding hydrogens is 275 g/mol. The quantitative estimate of drug-likeness (QED) is 0.676. The van der Waals surface area contributed by atoms with Gasteiger partial charge in [0.15, 0.2) is 0 Å². The lowest BCUT2D eigenvalue weighted by atomic mass is 10.0. The van der Waals surface area contributed by atoms with Crippen molar-refractivity contribution in [1.29, 1.82) is 0 Å². The summed E-state index contributed by atoms with van der Waals surface area (Å²) >= 11 is 0. The Morgan fingerprint density at radius 3 is 2.11 bits per heavy atom. The first-order valence-electron chi connectivity index (χ1n) is 5.00. The topological polar surface area (TPSA) is 84.2 Å². The van der Waals surface area contributed by atoms with Crippen LogP contribution in [-0.4, -0.2) is 37.1 Å². The molecule has 0 heterocycles. The molecule has 0 aliphatic carbocycles. The van der Waals surface area contributed by atoms with E-state index in [0.29, 0.717) is 0 Å². The maximum Gasteiger partial charge on any atom is 0.405 e. The van der Waals surface area contributed by atoms with Gasteiger partial charge in [0, 0.05) is 12.0 Å². The zero-order valence-corrected chi connectivity index (χ0v) is 10.8. The van der Waals surface area contributed by atoms with Crippen molar-refractivity contribution in [2.24, 2.45) is 11.7 Å². The van der Waals surface area contributed by atoms with Gasteiger partial charge in [-0.15, -0.1) is 12.4 Å². The molecule has 0 aromatic heterocycles. The van der Waals surface area contributed by atoms with Gasteiger partial charge < -0.3 is 16.4 Å². The third kappa shape index (κ3) is 9.06. The summed E-state index contributed by atoms with van der Waals surface area (Å²) in [7, 11) is 0. The van der Waals surface area contributed by atoms with Crippen LogP contribution < -0.4 is 16.4 Å². The lowest BCUT2D eigenvalue weighted by Gasteiger charge is -2.15. The van der Waals surface area contributed by atoms with Crippen molar-refractivity contribution in [3.63, 3.8) is 0 Å². The fourth-order valence-electron chi connectivity index (χ4n) is 0.828. The number of halogens is 4. The normalized spacial score (nSPS) is 14.1. The molecule has 9 heteroatoms. The van der Waals surface area contributed by atoms with E-state index >= 15 is 0 Å². The third-order valence-corrected chi connectivity index (χ3v) is 2.11. The second kappa shape index (κ2) is 8.15. The Labute approximate surface area is 109 Å². The highest BCUT2D eigenvalue weighted by Crippen LogP contribution is 2.11. The first kappa shape index (κ1) is 19.3. The molecule has 0 bridgehead atoms. The van der Waals surface area contributed by atoms with Gasteiger partial charge in [0.25, 0.3) is 0 Å². The van der Waals surface area contributed by atoms with Crippen molar-refractivity contribution in [3.05, 3.63) is 0 Å². The Hall–Kier alpha value is -1.02. The van der Waals surface area contributed by atoms with Crippen LogP contribution in [0.4, 0.5) is 13.2 Å². The lowest BCUT2D eigenvalue weighted by molar-refractivity contribution is -0.138. The summed E-state index contributed by atoms with van der Waals surface area (Å²) < 4.78 is 35.2. The van der Waals surface area contributed by atoms with Crippen LogP contribution >= 0.6 is 12.4 Å². The smallest absolute Gasteiger partial charge is 0.347 e. The van der Waals surface area contributed by atoms with E-state index in [-0.39, 0.29) is 12.4 Å². The Morgan fingerprint density at radius 1 is 1.22 bits per heavy atom. The Morgan fingerprint density at radius 2 is 1.72 bits per heavy atom. The molecule has 0 spiro atoms. The van der Waals surface area contributed by atoms with Crippen LogP contribution in [0.15, 0.2) is 0 Å². The molecule has 0 aromatic carbocycles. The summed E-state index contributed by atoms with van der Waals surface area (Å²) in [4.78, 5) is 22.2. The van der Waals surface area contributed by atoms with Crippen LogP contribution in [0.2, 0.25) is 0 Å². The van der Waals surface area contributed by atoms with Crippen molar-refractivity contribution in [3.8, 4) is 0 Å². The molecule has 0 radical (unpaired) electrons. The number of hydrogen-bond donors (Lipinski definition) is 3. The van der Waals surface area contributed by atoms with Crippen LogP contribution in [-0.2, 0) is 9.59 Å². The molecule has 0 saturated heterocycles. The monoisotopic (exact) mass is 291 g/mol. The van der Waals surface area contributed by atoms with Gasteiger partial charge in [-0.25, -0.2) is 0 Å². The van der Waals surface area contributed by atoms with Crippen LogP contribution in [0, 0.1) is 5.92 Å². The van der Waals surface area contributed by atoms with Gasteiger partial charge in [0.2, 0.25) is 11.8 Å². The third-order valence-electron chi connectivity index (χ3n) is 2.11. The minimum atomic E-state index is -4.46. The van der Waals surface area contributed by atoms with E-state index in [1.807, 2.05) is 0 Å². The number of rotatable bonds is 5. The van der Waals surface area contributed by atoms with E-state index in [1.165, 1.54) is 0 Å². The van der Waals surface area contributed by atoms with Gasteiger partial charge in [-0.1, -0.05) is 6.92 Å². The maximum atomic E-state index is 11.7. The summed E-state index contributed by atoms with van der Waals surface area (Å²) in [5.74, 6) is -1.87. The van der Waals surface area contributed by atoms with Gasteiger partial charge in [0.05, 0.1) is 6.54 Å². The first-order valence-corrected chi connectivity index (χ1v) is 5.00. The van der Waals surface area contributed by atoms with Crippen LogP contribution in [0.5, 0.6) is 0 Å². The second-order valence-electron chi connectivity index (χ2n) is 3.76. The van der Waals surface area contributed by atoms with Crippen LogP contribution in [0.1, 0.15) is 13.8 Å². The summed E-state index contributed by atoms with van der Waals surface area (Å²) in [6, 6.07) is -0.395. The fraction of sp³-hybridized carbons (Fsp3) is 0.778. The molecule has 18 heavy (non-hydrogen) atoms. The minimum Gasteiger partial charge on any atom is -0.347 e. The molecule has 0 aliphatic rings. The van der Waals surface area contributed by atoms with E-state index in [9.17, 15) is 22.8 Å². The number of hydrogen-bond acceptors (Lipinski definition) is 3. The van der Waals surface area contributed by atoms with Crippen LogP contribution in [0.3, 0.4) is 0 Å². The highest BCUT2D eigenvalue weighted by molar-refractivity contribution is 5.86. The molecule has 0 aromatic rings. The Kier molecular flexibility index (Phi) is 8.75. The summed E-state index contributed by atoms with van der Waals surface area (Å²) in [6.07, 6.45) is -4.46. The molecule has 0 rings (SSSR count). The Bertz CT molecular complexity index is 285. The molecule has 2 atom stereocenters. The second-order valence-corrected chi connectivity index (χ2v) is 3.76. The Balaban J connectivity index is 0. The molecule has 2 unspecified atom stereocenters. The average molecular weight is 292 g/mol. The number of carbonyl (C=O) groups is 2. The van der Waals surface area contributed by atoms with Gasteiger partial charge >= 0.3 is 6.18 Å². The minimum absolute atomic E-state index is 0. The first-order chi connectivity index (χ1) is 7.63. The molecule has 5 nitrogen and oxygen atoms in total. The predicted octanol–water partition coefficient (Wildman–Crippen LogP) is 0.186. The largest absolute Gasteiger partial charge is 0.405 e. The maximum absolute atomic E-state index is 11.7. The number of nitrogens with one attached hydrogen (secondary N) is 2. The van der Waals surface area contributed by atoms with Gasteiger partial charge in [-0.05, 0) is 6.92 Å². The van der Waals surface area contributed by atoms with Gasteiger partial charge in [0.1, 0.15) is 6.54 Å². The fourth-order valence-corrected chi connectivity index (χ4v) is 0.828. The van der Waals surface area contributed by atoms with Crippen molar-refractivity contribution >= 4 is 24.2 Å². The molecule has 108 valence electrons. The predicted molar refractivity (Wildman–Crippen MR) is 62.1 cm³/mol. The van der Waals surface area contributed by atoms with E-state index < -0.39 is 43.0 Å². The summed E-state index contributed by atoms with van der Waals surface area (Å²) in [6.45, 7) is 1.28.